The van der Waals surface area contributed by atoms with E-state index in [-0.39, 0.29) is 6.61 Å². The average molecular weight is 269 g/mol. The lowest BCUT2D eigenvalue weighted by molar-refractivity contribution is 0.311. The summed E-state index contributed by atoms with van der Waals surface area (Å²) >= 11 is 0. The van der Waals surface area contributed by atoms with Gasteiger partial charge in [-0.3, -0.25) is 0 Å². The topological polar surface area (TPSA) is 93.9 Å². The Kier molecular flexibility index (Phi) is 4.47. The summed E-state index contributed by atoms with van der Waals surface area (Å²) in [5.41, 5.74) is 1.45. The molecule has 1 heterocycles. The highest BCUT2D eigenvalue weighted by molar-refractivity contribution is 5.60. The van der Waals surface area contributed by atoms with Gasteiger partial charge in [-0.05, 0) is 31.2 Å². The minimum Gasteiger partial charge on any atom is -0.395 e. The lowest BCUT2D eigenvalue weighted by Crippen LogP contribution is -2.08. The molecule has 1 aromatic heterocycles. The Hall–Kier alpha value is -2.65. The van der Waals surface area contributed by atoms with Crippen molar-refractivity contribution in [3.63, 3.8) is 0 Å². The molecule has 0 fully saturated rings. The van der Waals surface area contributed by atoms with Crippen molar-refractivity contribution in [2.75, 3.05) is 23.8 Å². The predicted octanol–water partition coefficient (Wildman–Crippen LogP) is 1.80. The van der Waals surface area contributed by atoms with E-state index in [4.69, 9.17) is 10.4 Å². The molecule has 0 bridgehead atoms. The number of anilines is 3. The summed E-state index contributed by atoms with van der Waals surface area (Å²) < 4.78 is 0. The molecule has 2 aromatic rings. The van der Waals surface area contributed by atoms with Gasteiger partial charge in [-0.15, -0.1) is 0 Å². The third kappa shape index (κ3) is 3.67. The first-order valence-electron chi connectivity index (χ1n) is 6.19. The van der Waals surface area contributed by atoms with Crippen LogP contribution in [0.25, 0.3) is 0 Å². The summed E-state index contributed by atoms with van der Waals surface area (Å²) in [6.45, 7) is 2.28. The summed E-state index contributed by atoms with van der Waals surface area (Å²) in [5, 5.41) is 23.7. The van der Waals surface area contributed by atoms with Crippen LogP contribution in [0.1, 0.15) is 11.4 Å². The number of nitrogens with zero attached hydrogens (tertiary/aromatic N) is 3. The molecule has 0 unspecified atom stereocenters. The molecule has 6 heteroatoms. The lowest BCUT2D eigenvalue weighted by Gasteiger charge is -2.09. The molecule has 0 saturated heterocycles. The zero-order valence-corrected chi connectivity index (χ0v) is 11.1. The van der Waals surface area contributed by atoms with E-state index in [1.807, 2.05) is 12.1 Å². The Labute approximate surface area is 117 Å². The van der Waals surface area contributed by atoms with Crippen molar-refractivity contribution in [1.82, 2.24) is 9.97 Å². The van der Waals surface area contributed by atoms with Crippen LogP contribution in [0.3, 0.4) is 0 Å². The molecule has 6 nitrogen and oxygen atoms in total. The van der Waals surface area contributed by atoms with Crippen molar-refractivity contribution >= 4 is 17.3 Å². The second-order valence-electron chi connectivity index (χ2n) is 4.15. The Bertz CT molecular complexity index is 618. The molecule has 0 aliphatic rings. The molecule has 0 aliphatic heterocycles. The predicted molar refractivity (Wildman–Crippen MR) is 76.8 cm³/mol. The zero-order chi connectivity index (χ0) is 14.4. The molecule has 102 valence electrons. The number of nitrogens with one attached hydrogen (secondary N) is 2. The van der Waals surface area contributed by atoms with E-state index in [0.717, 1.165) is 5.69 Å². The van der Waals surface area contributed by atoms with Gasteiger partial charge in [-0.2, -0.15) is 5.26 Å². The summed E-state index contributed by atoms with van der Waals surface area (Å²) in [4.78, 5) is 8.51. The van der Waals surface area contributed by atoms with Crippen LogP contribution in [0.2, 0.25) is 0 Å². The van der Waals surface area contributed by atoms with E-state index in [9.17, 15) is 0 Å². The standard InChI is InChI=1S/C14H15N5O/c1-10-17-13(16-6-7-20)8-14(18-10)19-12-4-2-11(9-15)3-5-12/h2-5,8,20H,6-7H2,1H3,(H2,16,17,18,19). The number of aliphatic hydroxyl groups excluding tert-OH is 1. The van der Waals surface area contributed by atoms with Gasteiger partial charge in [0.1, 0.15) is 17.5 Å². The Morgan fingerprint density at radius 3 is 2.55 bits per heavy atom. The molecule has 0 spiro atoms. The van der Waals surface area contributed by atoms with E-state index in [0.29, 0.717) is 29.6 Å². The van der Waals surface area contributed by atoms with Crippen molar-refractivity contribution in [3.8, 4) is 6.07 Å². The number of aliphatic hydroxyl groups is 1. The first-order chi connectivity index (χ1) is 9.71. The van der Waals surface area contributed by atoms with Gasteiger partial charge in [0.2, 0.25) is 0 Å². The number of aryl methyl sites for hydroxylation is 1. The number of hydrogen-bond acceptors (Lipinski definition) is 6. The van der Waals surface area contributed by atoms with Crippen LogP contribution in [0.4, 0.5) is 17.3 Å². The highest BCUT2D eigenvalue weighted by atomic mass is 16.3. The minimum atomic E-state index is 0.0431. The second kappa shape index (κ2) is 6.50. The summed E-state index contributed by atoms with van der Waals surface area (Å²) in [6, 6.07) is 10.9. The van der Waals surface area contributed by atoms with Crippen molar-refractivity contribution in [2.24, 2.45) is 0 Å². The lowest BCUT2D eigenvalue weighted by atomic mass is 10.2. The maximum atomic E-state index is 8.80. The van der Waals surface area contributed by atoms with Crippen molar-refractivity contribution in [1.29, 1.82) is 5.26 Å². The molecule has 20 heavy (non-hydrogen) atoms. The van der Waals surface area contributed by atoms with E-state index < -0.39 is 0 Å². The normalized spacial score (nSPS) is 9.85. The fraction of sp³-hybridized carbons (Fsp3) is 0.214. The third-order valence-corrected chi connectivity index (χ3v) is 2.54. The molecular formula is C14H15N5O. The van der Waals surface area contributed by atoms with Crippen LogP contribution in [0.15, 0.2) is 30.3 Å². The first kappa shape index (κ1) is 13.8. The molecule has 1 aromatic carbocycles. The van der Waals surface area contributed by atoms with Gasteiger partial charge in [0.05, 0.1) is 18.2 Å². The molecule has 2 rings (SSSR count). The van der Waals surface area contributed by atoms with Crippen molar-refractivity contribution in [3.05, 3.63) is 41.7 Å². The monoisotopic (exact) mass is 269 g/mol. The van der Waals surface area contributed by atoms with E-state index in [1.54, 1.807) is 25.1 Å². The van der Waals surface area contributed by atoms with E-state index >= 15 is 0 Å². The third-order valence-electron chi connectivity index (χ3n) is 2.54. The summed E-state index contributed by atoms with van der Waals surface area (Å²) in [5.74, 6) is 1.94. The number of aromatic nitrogens is 2. The number of rotatable bonds is 5. The van der Waals surface area contributed by atoms with E-state index in [2.05, 4.69) is 26.7 Å². The fourth-order valence-corrected chi connectivity index (χ4v) is 1.68. The van der Waals surface area contributed by atoms with Crippen molar-refractivity contribution < 1.29 is 5.11 Å². The smallest absolute Gasteiger partial charge is 0.136 e. The highest BCUT2D eigenvalue weighted by Gasteiger charge is 2.02. The van der Waals surface area contributed by atoms with Gasteiger partial charge in [0, 0.05) is 18.3 Å². The number of benzene rings is 1. The van der Waals surface area contributed by atoms with Gasteiger partial charge in [0.15, 0.2) is 0 Å². The molecule has 0 aliphatic carbocycles. The van der Waals surface area contributed by atoms with Crippen molar-refractivity contribution in [2.45, 2.75) is 6.92 Å². The van der Waals surface area contributed by atoms with Crippen LogP contribution in [-0.2, 0) is 0 Å². The molecule has 0 radical (unpaired) electrons. The largest absolute Gasteiger partial charge is 0.395 e. The first-order valence-corrected chi connectivity index (χ1v) is 6.19. The highest BCUT2D eigenvalue weighted by Crippen LogP contribution is 2.17. The Morgan fingerprint density at radius 1 is 1.20 bits per heavy atom. The Balaban J connectivity index is 2.15. The van der Waals surface area contributed by atoms with Gasteiger partial charge in [-0.1, -0.05) is 0 Å². The second-order valence-corrected chi connectivity index (χ2v) is 4.15. The molecule has 0 atom stereocenters. The van der Waals surface area contributed by atoms with Crippen LogP contribution in [0, 0.1) is 18.3 Å². The maximum Gasteiger partial charge on any atom is 0.136 e. The number of nitriles is 1. The fourth-order valence-electron chi connectivity index (χ4n) is 1.68. The zero-order valence-electron chi connectivity index (χ0n) is 11.1. The van der Waals surface area contributed by atoms with Crippen LogP contribution in [0.5, 0.6) is 0 Å². The van der Waals surface area contributed by atoms with Crippen LogP contribution >= 0.6 is 0 Å². The van der Waals surface area contributed by atoms with Gasteiger partial charge in [-0.25, -0.2) is 9.97 Å². The Morgan fingerprint density at radius 2 is 1.90 bits per heavy atom. The molecule has 0 amide bonds. The molecule has 0 saturated carbocycles. The average Bonchev–Trinajstić information content (AvgIpc) is 2.45. The minimum absolute atomic E-state index is 0.0431. The quantitative estimate of drug-likeness (QED) is 0.766. The SMILES string of the molecule is Cc1nc(NCCO)cc(Nc2ccc(C#N)cc2)n1. The van der Waals surface area contributed by atoms with Gasteiger partial charge in [0.25, 0.3) is 0 Å². The van der Waals surface area contributed by atoms with Crippen LogP contribution < -0.4 is 10.6 Å². The van der Waals surface area contributed by atoms with Gasteiger partial charge >= 0.3 is 0 Å². The maximum absolute atomic E-state index is 8.80. The van der Waals surface area contributed by atoms with Crippen LogP contribution in [-0.4, -0.2) is 28.2 Å². The van der Waals surface area contributed by atoms with E-state index in [1.165, 1.54) is 0 Å². The summed E-state index contributed by atoms with van der Waals surface area (Å²) in [6.07, 6.45) is 0. The van der Waals surface area contributed by atoms with Gasteiger partial charge < -0.3 is 15.7 Å². The number of hydrogen-bond donors (Lipinski definition) is 3. The summed E-state index contributed by atoms with van der Waals surface area (Å²) in [7, 11) is 0. The molecule has 3 N–H and O–H groups in total. The molecular weight excluding hydrogens is 254 g/mol.